The smallest absolute Gasteiger partial charge is 0.416 e. The Morgan fingerprint density at radius 1 is 0.932 bits per heavy atom. The van der Waals surface area contributed by atoms with Gasteiger partial charge < -0.3 is 19.9 Å². The van der Waals surface area contributed by atoms with Crippen LogP contribution in [0.2, 0.25) is 0 Å². The average Bonchev–Trinajstić information content (AvgIpc) is 2.96. The van der Waals surface area contributed by atoms with Gasteiger partial charge >= 0.3 is 12.3 Å². The molecular formula is C33H41F3N4O3S. The molecule has 1 aromatic heterocycles. The lowest BCUT2D eigenvalue weighted by molar-refractivity contribution is -0.137. The maximum Gasteiger partial charge on any atom is 0.416 e. The molecule has 238 valence electrons. The Hall–Kier alpha value is -3.47. The molecule has 2 amide bonds. The number of nitrogens with zero attached hydrogens (tertiary/aromatic N) is 3. The Morgan fingerprint density at radius 3 is 2.32 bits per heavy atom. The highest BCUT2D eigenvalue weighted by molar-refractivity contribution is 7.99. The molecule has 44 heavy (non-hydrogen) atoms. The molecule has 7 nitrogen and oxygen atoms in total. The number of piperazine rings is 1. The second kappa shape index (κ2) is 14.5. The number of nitrogens with one attached hydrogen (secondary N) is 1. The second-order valence-electron chi connectivity index (χ2n) is 12.0. The van der Waals surface area contributed by atoms with E-state index in [1.807, 2.05) is 52.0 Å². The van der Waals surface area contributed by atoms with Crippen LogP contribution in [0.15, 0.2) is 53.6 Å². The van der Waals surface area contributed by atoms with Crippen molar-refractivity contribution in [2.24, 2.45) is 0 Å². The Bertz CT molecular complexity index is 1450. The van der Waals surface area contributed by atoms with Crippen molar-refractivity contribution in [3.63, 3.8) is 0 Å². The van der Waals surface area contributed by atoms with E-state index in [-0.39, 0.29) is 12.0 Å². The predicted molar refractivity (Wildman–Crippen MR) is 169 cm³/mol. The highest BCUT2D eigenvalue weighted by atomic mass is 32.2. The fourth-order valence-corrected chi connectivity index (χ4v) is 6.08. The van der Waals surface area contributed by atoms with E-state index in [4.69, 9.17) is 4.74 Å². The van der Waals surface area contributed by atoms with Gasteiger partial charge in [0, 0.05) is 60.5 Å². The lowest BCUT2D eigenvalue weighted by atomic mass is 10.1. The van der Waals surface area contributed by atoms with Gasteiger partial charge in [-0.15, -0.1) is 11.8 Å². The van der Waals surface area contributed by atoms with Crippen molar-refractivity contribution < 1.29 is 27.5 Å². The van der Waals surface area contributed by atoms with Crippen LogP contribution in [0.25, 0.3) is 10.9 Å². The van der Waals surface area contributed by atoms with E-state index in [0.717, 1.165) is 71.6 Å². The molecule has 3 aromatic rings. The first-order chi connectivity index (χ1) is 20.8. The minimum atomic E-state index is -4.38. The van der Waals surface area contributed by atoms with E-state index in [0.29, 0.717) is 37.3 Å². The molecule has 1 aliphatic heterocycles. The molecule has 4 rings (SSSR count). The first-order valence-corrected chi connectivity index (χ1v) is 16.0. The second-order valence-corrected chi connectivity index (χ2v) is 13.2. The van der Waals surface area contributed by atoms with Gasteiger partial charge in [0.05, 0.1) is 11.1 Å². The van der Waals surface area contributed by atoms with Crippen LogP contribution in [0.5, 0.6) is 0 Å². The summed E-state index contributed by atoms with van der Waals surface area (Å²) in [5.74, 6) is 0.861. The van der Waals surface area contributed by atoms with Crippen LogP contribution in [0.4, 0.5) is 23.7 Å². The van der Waals surface area contributed by atoms with Gasteiger partial charge in [-0.1, -0.05) is 18.9 Å². The number of ether oxygens (including phenoxy) is 1. The zero-order chi connectivity index (χ0) is 31.9. The van der Waals surface area contributed by atoms with E-state index in [1.165, 1.54) is 6.07 Å². The summed E-state index contributed by atoms with van der Waals surface area (Å²) in [4.78, 5) is 34.0. The maximum atomic E-state index is 13.2. The number of thioether (sulfide) groups is 1. The summed E-state index contributed by atoms with van der Waals surface area (Å²) >= 11 is 1.65. The van der Waals surface area contributed by atoms with Crippen molar-refractivity contribution in [3.8, 4) is 0 Å². The Morgan fingerprint density at radius 2 is 1.64 bits per heavy atom. The van der Waals surface area contributed by atoms with Crippen LogP contribution in [0.1, 0.15) is 67.9 Å². The summed E-state index contributed by atoms with van der Waals surface area (Å²) in [6.45, 7) is 10.1. The quantitative estimate of drug-likeness (QED) is 0.181. The lowest BCUT2D eigenvalue weighted by Gasteiger charge is -2.35. The van der Waals surface area contributed by atoms with Crippen molar-refractivity contribution in [1.82, 2.24) is 14.8 Å². The molecule has 1 fully saturated rings. The number of carbonyl (C=O) groups excluding carboxylic acids is 2. The van der Waals surface area contributed by atoms with E-state index < -0.39 is 17.3 Å². The topological polar surface area (TPSA) is 74.8 Å². The molecule has 0 unspecified atom stereocenters. The number of carbonyl (C=O) groups is 2. The number of anilines is 1. The van der Waals surface area contributed by atoms with Crippen molar-refractivity contribution >= 4 is 40.4 Å². The van der Waals surface area contributed by atoms with Gasteiger partial charge in [0.15, 0.2) is 0 Å². The standard InChI is InChI=1S/C33H41F3N4O3S/c1-23-21-25(10-12-26(23)30(41)39-16-18-40(19-17-39)31(42)43-32(2,3)4)37-14-7-5-6-8-20-44-29-13-15-38-28-22-24(33(34,35)36)9-11-27(28)29/h9-13,15,21-22,37H,5-8,14,16-20H2,1-4H3. The largest absolute Gasteiger partial charge is 0.444 e. The van der Waals surface area contributed by atoms with Crippen LogP contribution in [-0.2, 0) is 10.9 Å². The number of aromatic nitrogens is 1. The van der Waals surface area contributed by atoms with Crippen molar-refractivity contribution in [2.45, 2.75) is 70.1 Å². The zero-order valence-corrected chi connectivity index (χ0v) is 26.6. The SMILES string of the molecule is Cc1cc(NCCCCCCSc2ccnc3cc(C(F)(F)F)ccc23)ccc1C(=O)N1CCN(C(=O)OC(C)(C)C)CC1. The monoisotopic (exact) mass is 630 g/mol. The molecule has 0 radical (unpaired) electrons. The first kappa shape index (κ1) is 33.4. The summed E-state index contributed by atoms with van der Waals surface area (Å²) < 4.78 is 44.5. The molecule has 0 spiro atoms. The van der Waals surface area contributed by atoms with Crippen molar-refractivity contribution in [3.05, 3.63) is 65.4 Å². The van der Waals surface area contributed by atoms with Crippen LogP contribution in [0.3, 0.4) is 0 Å². The lowest BCUT2D eigenvalue weighted by Crippen LogP contribution is -2.51. The van der Waals surface area contributed by atoms with Gasteiger partial charge in [0.2, 0.25) is 0 Å². The molecule has 11 heteroatoms. The molecule has 1 aliphatic rings. The van der Waals surface area contributed by atoms with Crippen LogP contribution in [0, 0.1) is 6.92 Å². The molecule has 1 saturated heterocycles. The van der Waals surface area contributed by atoms with Gasteiger partial charge in [0.1, 0.15) is 5.60 Å². The molecule has 2 aromatic carbocycles. The van der Waals surface area contributed by atoms with Crippen LogP contribution >= 0.6 is 11.8 Å². The van der Waals surface area contributed by atoms with E-state index in [9.17, 15) is 22.8 Å². The van der Waals surface area contributed by atoms with Crippen molar-refractivity contribution in [2.75, 3.05) is 43.8 Å². The van der Waals surface area contributed by atoms with Gasteiger partial charge in [-0.25, -0.2) is 4.79 Å². The third-order valence-electron chi connectivity index (χ3n) is 7.36. The summed E-state index contributed by atoms with van der Waals surface area (Å²) in [6.07, 6.45) is 0.978. The number of rotatable bonds is 10. The van der Waals surface area contributed by atoms with E-state index in [1.54, 1.807) is 27.8 Å². The summed E-state index contributed by atoms with van der Waals surface area (Å²) in [5.41, 5.74) is 1.68. The number of benzene rings is 2. The minimum absolute atomic E-state index is 0.0263. The molecule has 0 atom stereocenters. The van der Waals surface area contributed by atoms with Crippen LogP contribution < -0.4 is 5.32 Å². The number of fused-ring (bicyclic) bond motifs is 1. The third-order valence-corrected chi connectivity index (χ3v) is 8.52. The average molecular weight is 631 g/mol. The fourth-order valence-electron chi connectivity index (χ4n) is 5.02. The minimum Gasteiger partial charge on any atom is -0.444 e. The Labute approximate surface area is 261 Å². The number of hydrogen-bond donors (Lipinski definition) is 1. The van der Waals surface area contributed by atoms with Gasteiger partial charge in [-0.2, -0.15) is 13.2 Å². The number of alkyl halides is 3. The number of unbranched alkanes of at least 4 members (excludes halogenated alkanes) is 3. The van der Waals surface area contributed by atoms with Crippen molar-refractivity contribution in [1.29, 1.82) is 0 Å². The molecule has 0 aliphatic carbocycles. The third kappa shape index (κ3) is 9.27. The number of amides is 2. The van der Waals surface area contributed by atoms with Crippen LogP contribution in [-0.4, -0.2) is 70.9 Å². The zero-order valence-electron chi connectivity index (χ0n) is 25.8. The number of aryl methyl sites for hydroxylation is 1. The summed E-state index contributed by atoms with van der Waals surface area (Å²) in [6, 6.07) is 11.4. The number of pyridine rings is 1. The predicted octanol–water partition coefficient (Wildman–Crippen LogP) is 8.02. The molecular weight excluding hydrogens is 589 g/mol. The molecule has 1 N–H and O–H groups in total. The fraction of sp³-hybridized carbons (Fsp3) is 0.485. The van der Waals surface area contributed by atoms with Gasteiger partial charge in [-0.05, 0) is 88.3 Å². The highest BCUT2D eigenvalue weighted by Gasteiger charge is 2.31. The molecule has 0 saturated carbocycles. The van der Waals surface area contributed by atoms with E-state index in [2.05, 4.69) is 10.3 Å². The maximum absolute atomic E-state index is 13.2. The summed E-state index contributed by atoms with van der Waals surface area (Å²) in [5, 5.41) is 4.19. The Kier molecular flexibility index (Phi) is 11.0. The normalized spacial score (nSPS) is 14.2. The van der Waals surface area contributed by atoms with Gasteiger partial charge in [-0.3, -0.25) is 9.78 Å². The summed E-state index contributed by atoms with van der Waals surface area (Å²) in [7, 11) is 0. The van der Waals surface area contributed by atoms with Gasteiger partial charge in [0.25, 0.3) is 5.91 Å². The molecule has 2 heterocycles. The Balaban J connectivity index is 1.14. The first-order valence-electron chi connectivity index (χ1n) is 15.0. The van der Waals surface area contributed by atoms with E-state index >= 15 is 0 Å². The number of hydrogen-bond acceptors (Lipinski definition) is 6. The highest BCUT2D eigenvalue weighted by Crippen LogP contribution is 2.34. The molecule has 0 bridgehead atoms. The number of halogens is 3.